The highest BCUT2D eigenvalue weighted by Gasteiger charge is 2.27. The summed E-state index contributed by atoms with van der Waals surface area (Å²) in [6.07, 6.45) is 2.58. The van der Waals surface area contributed by atoms with Crippen molar-refractivity contribution in [1.29, 1.82) is 0 Å². The van der Waals surface area contributed by atoms with Gasteiger partial charge in [0, 0.05) is 30.2 Å². The Morgan fingerprint density at radius 1 is 1.22 bits per heavy atom. The van der Waals surface area contributed by atoms with E-state index in [9.17, 15) is 9.59 Å². The maximum atomic E-state index is 12.0. The largest absolute Gasteiger partial charge is 0.352 e. The average molecular weight is 318 g/mol. The van der Waals surface area contributed by atoms with Gasteiger partial charge in [0.2, 0.25) is 5.91 Å². The first-order valence-corrected chi connectivity index (χ1v) is 8.14. The van der Waals surface area contributed by atoms with Crippen LogP contribution < -0.4 is 21.7 Å². The van der Waals surface area contributed by atoms with Crippen LogP contribution in [0, 0.1) is 5.92 Å². The summed E-state index contributed by atoms with van der Waals surface area (Å²) in [5.41, 5.74) is 7.56. The summed E-state index contributed by atoms with van der Waals surface area (Å²) < 4.78 is 0. The highest BCUT2D eigenvalue weighted by atomic mass is 16.2. The summed E-state index contributed by atoms with van der Waals surface area (Å²) in [7, 11) is 0. The van der Waals surface area contributed by atoms with Crippen LogP contribution in [0.5, 0.6) is 0 Å². The fourth-order valence-electron chi connectivity index (χ4n) is 2.72. The third kappa shape index (κ3) is 5.56. The number of urea groups is 1. The van der Waals surface area contributed by atoms with Gasteiger partial charge in [-0.15, -0.1) is 0 Å². The van der Waals surface area contributed by atoms with Crippen LogP contribution in [0.4, 0.5) is 10.5 Å². The lowest BCUT2D eigenvalue weighted by molar-refractivity contribution is -0.125. The second-order valence-corrected chi connectivity index (χ2v) is 6.44. The van der Waals surface area contributed by atoms with E-state index in [1.165, 1.54) is 0 Å². The Bertz CT molecular complexity index is 542. The molecule has 6 heteroatoms. The number of benzene rings is 1. The average Bonchev–Trinajstić information content (AvgIpc) is 2.92. The Labute approximate surface area is 137 Å². The lowest BCUT2D eigenvalue weighted by atomic mass is 10.1. The quantitative estimate of drug-likeness (QED) is 0.668. The van der Waals surface area contributed by atoms with E-state index in [2.05, 4.69) is 16.0 Å². The van der Waals surface area contributed by atoms with E-state index >= 15 is 0 Å². The summed E-state index contributed by atoms with van der Waals surface area (Å²) in [5.74, 6) is 0.127. The van der Waals surface area contributed by atoms with Crippen LogP contribution in [0.1, 0.15) is 38.7 Å². The van der Waals surface area contributed by atoms with Crippen molar-refractivity contribution in [3.05, 3.63) is 29.8 Å². The van der Waals surface area contributed by atoms with Crippen LogP contribution in [0.3, 0.4) is 0 Å². The molecule has 2 unspecified atom stereocenters. The van der Waals surface area contributed by atoms with Crippen molar-refractivity contribution in [2.75, 3.05) is 5.32 Å². The van der Waals surface area contributed by atoms with Crippen molar-refractivity contribution in [1.82, 2.24) is 10.6 Å². The van der Waals surface area contributed by atoms with E-state index < -0.39 is 0 Å². The molecule has 126 valence electrons. The van der Waals surface area contributed by atoms with E-state index in [4.69, 9.17) is 5.73 Å². The molecule has 0 bridgehead atoms. The van der Waals surface area contributed by atoms with E-state index in [0.717, 1.165) is 30.5 Å². The Morgan fingerprint density at radius 2 is 1.91 bits per heavy atom. The normalized spacial score (nSPS) is 20.3. The first kappa shape index (κ1) is 17.3. The summed E-state index contributed by atoms with van der Waals surface area (Å²) in [6.45, 7) is 4.30. The maximum absolute atomic E-state index is 12.0. The van der Waals surface area contributed by atoms with Crippen LogP contribution in [0.2, 0.25) is 0 Å². The van der Waals surface area contributed by atoms with Gasteiger partial charge in [-0.3, -0.25) is 4.79 Å². The molecular weight excluding hydrogens is 292 g/mol. The lowest BCUT2D eigenvalue weighted by Gasteiger charge is -2.12. The van der Waals surface area contributed by atoms with Gasteiger partial charge >= 0.3 is 6.03 Å². The zero-order valence-corrected chi connectivity index (χ0v) is 13.8. The van der Waals surface area contributed by atoms with Crippen LogP contribution in [0.25, 0.3) is 0 Å². The minimum absolute atomic E-state index is 0.0469. The molecule has 1 aromatic carbocycles. The topological polar surface area (TPSA) is 96.2 Å². The molecular formula is C17H26N4O2. The molecule has 1 aliphatic rings. The van der Waals surface area contributed by atoms with Crippen molar-refractivity contribution in [2.45, 2.75) is 51.7 Å². The predicted molar refractivity (Wildman–Crippen MR) is 90.9 cm³/mol. The Balaban J connectivity index is 1.78. The van der Waals surface area contributed by atoms with Crippen molar-refractivity contribution in [2.24, 2.45) is 11.7 Å². The third-order valence-electron chi connectivity index (χ3n) is 3.94. The number of nitrogens with one attached hydrogen (secondary N) is 3. The molecule has 1 aromatic rings. The fraction of sp³-hybridized carbons (Fsp3) is 0.529. The molecule has 0 saturated heterocycles. The minimum Gasteiger partial charge on any atom is -0.352 e. The maximum Gasteiger partial charge on any atom is 0.319 e. The van der Waals surface area contributed by atoms with Gasteiger partial charge in [0.15, 0.2) is 0 Å². The molecule has 1 aliphatic carbocycles. The molecule has 0 spiro atoms. The standard InChI is InChI=1S/C17H26N4O2/c1-11(2)20-17(23)21-15-7-3-12(4-8-15)10-19-16(22)13-5-6-14(18)9-13/h3-4,7-8,11,13-14H,5-6,9-10,18H2,1-2H3,(H,19,22)(H2,20,21,23). The summed E-state index contributed by atoms with van der Waals surface area (Å²) in [5, 5.41) is 8.48. The molecule has 6 nitrogen and oxygen atoms in total. The van der Waals surface area contributed by atoms with E-state index in [1.807, 2.05) is 38.1 Å². The first-order chi connectivity index (χ1) is 10.9. The smallest absolute Gasteiger partial charge is 0.319 e. The van der Waals surface area contributed by atoms with Gasteiger partial charge in [-0.2, -0.15) is 0 Å². The third-order valence-corrected chi connectivity index (χ3v) is 3.94. The number of anilines is 1. The second kappa shape index (κ2) is 7.97. The predicted octanol–water partition coefficient (Wildman–Crippen LogP) is 1.96. The Morgan fingerprint density at radius 3 is 2.48 bits per heavy atom. The molecule has 5 N–H and O–H groups in total. The zero-order valence-electron chi connectivity index (χ0n) is 13.8. The van der Waals surface area contributed by atoms with Crippen molar-refractivity contribution in [3.63, 3.8) is 0 Å². The van der Waals surface area contributed by atoms with Gasteiger partial charge in [-0.25, -0.2) is 4.79 Å². The number of carbonyl (C=O) groups is 2. The molecule has 2 atom stereocenters. The molecule has 23 heavy (non-hydrogen) atoms. The van der Waals surface area contributed by atoms with Crippen molar-refractivity contribution < 1.29 is 9.59 Å². The molecule has 1 fully saturated rings. The van der Waals surface area contributed by atoms with Crippen LogP contribution in [-0.4, -0.2) is 24.0 Å². The van der Waals surface area contributed by atoms with Gasteiger partial charge in [0.1, 0.15) is 0 Å². The molecule has 0 aromatic heterocycles. The highest BCUT2D eigenvalue weighted by molar-refractivity contribution is 5.89. The molecule has 3 amide bonds. The van der Waals surface area contributed by atoms with E-state index in [-0.39, 0.29) is 29.9 Å². The van der Waals surface area contributed by atoms with Gasteiger partial charge in [-0.05, 0) is 50.8 Å². The zero-order chi connectivity index (χ0) is 16.8. The lowest BCUT2D eigenvalue weighted by Crippen LogP contribution is -2.34. The molecule has 1 saturated carbocycles. The minimum atomic E-state index is -0.223. The molecule has 0 heterocycles. The van der Waals surface area contributed by atoms with Gasteiger partial charge < -0.3 is 21.7 Å². The summed E-state index contributed by atoms with van der Waals surface area (Å²) in [6, 6.07) is 7.47. The number of carbonyl (C=O) groups excluding carboxylic acids is 2. The number of hydrogen-bond acceptors (Lipinski definition) is 3. The van der Waals surface area contributed by atoms with Crippen molar-refractivity contribution in [3.8, 4) is 0 Å². The van der Waals surface area contributed by atoms with Crippen LogP contribution >= 0.6 is 0 Å². The van der Waals surface area contributed by atoms with E-state index in [1.54, 1.807) is 0 Å². The van der Waals surface area contributed by atoms with Gasteiger partial charge in [0.25, 0.3) is 0 Å². The molecule has 0 aliphatic heterocycles. The Kier molecular flexibility index (Phi) is 5.98. The van der Waals surface area contributed by atoms with Crippen molar-refractivity contribution >= 4 is 17.6 Å². The SMILES string of the molecule is CC(C)NC(=O)Nc1ccc(CNC(=O)C2CCC(N)C2)cc1. The first-order valence-electron chi connectivity index (χ1n) is 8.14. The fourth-order valence-corrected chi connectivity index (χ4v) is 2.72. The van der Waals surface area contributed by atoms with Gasteiger partial charge in [-0.1, -0.05) is 12.1 Å². The Hall–Kier alpha value is -2.08. The number of nitrogens with two attached hydrogens (primary N) is 1. The number of hydrogen-bond donors (Lipinski definition) is 4. The molecule has 0 radical (unpaired) electrons. The summed E-state index contributed by atoms with van der Waals surface area (Å²) in [4.78, 5) is 23.7. The molecule has 2 rings (SSSR count). The van der Waals surface area contributed by atoms with E-state index in [0.29, 0.717) is 6.54 Å². The van der Waals surface area contributed by atoms with Crippen LogP contribution in [0.15, 0.2) is 24.3 Å². The highest BCUT2D eigenvalue weighted by Crippen LogP contribution is 2.24. The monoisotopic (exact) mass is 318 g/mol. The number of rotatable bonds is 5. The second-order valence-electron chi connectivity index (χ2n) is 6.44. The summed E-state index contributed by atoms with van der Waals surface area (Å²) >= 11 is 0. The number of amides is 3. The van der Waals surface area contributed by atoms with Gasteiger partial charge in [0.05, 0.1) is 0 Å². The van der Waals surface area contributed by atoms with Crippen LogP contribution in [-0.2, 0) is 11.3 Å².